The molecule has 1 aliphatic heterocycles. The first kappa shape index (κ1) is 13.0. The zero-order chi connectivity index (χ0) is 13.1. The van der Waals surface area contributed by atoms with Gasteiger partial charge in [0.25, 0.3) is 0 Å². The number of thioether (sulfide) groups is 1. The van der Waals surface area contributed by atoms with Gasteiger partial charge in [0.2, 0.25) is 0 Å². The van der Waals surface area contributed by atoms with Crippen LogP contribution in [-0.4, -0.2) is 35.1 Å². The number of amidine groups is 1. The lowest BCUT2D eigenvalue weighted by molar-refractivity contribution is 0.318. The maximum absolute atomic E-state index is 13.8. The normalized spacial score (nSPS) is 21.1. The zero-order valence-electron chi connectivity index (χ0n) is 10.1. The van der Waals surface area contributed by atoms with Crippen LogP contribution in [0.25, 0.3) is 0 Å². The predicted molar refractivity (Wildman–Crippen MR) is 73.0 cm³/mol. The molecule has 1 unspecified atom stereocenters. The number of nitrogens with two attached hydrogens (primary N) is 1. The molecule has 1 atom stereocenters. The van der Waals surface area contributed by atoms with Crippen LogP contribution in [0.3, 0.4) is 0 Å². The highest BCUT2D eigenvalue weighted by molar-refractivity contribution is 8.00. The molecule has 1 aliphatic rings. The Kier molecular flexibility index (Phi) is 3.96. The predicted octanol–water partition coefficient (Wildman–Crippen LogP) is 1.86. The van der Waals surface area contributed by atoms with E-state index in [1.165, 1.54) is 6.07 Å². The van der Waals surface area contributed by atoms with E-state index in [2.05, 4.69) is 17.0 Å². The number of halogens is 1. The van der Waals surface area contributed by atoms with Crippen LogP contribution in [-0.2, 0) is 0 Å². The molecule has 0 aromatic heterocycles. The summed E-state index contributed by atoms with van der Waals surface area (Å²) >= 11 is 1.89. The van der Waals surface area contributed by atoms with Crippen molar-refractivity contribution in [2.45, 2.75) is 12.2 Å². The zero-order valence-corrected chi connectivity index (χ0v) is 11.0. The molecule has 1 aromatic rings. The highest BCUT2D eigenvalue weighted by Crippen LogP contribution is 2.28. The Morgan fingerprint density at radius 2 is 2.39 bits per heavy atom. The lowest BCUT2D eigenvalue weighted by Crippen LogP contribution is -2.38. The number of rotatable bonds is 2. The highest BCUT2D eigenvalue weighted by Gasteiger charge is 2.22. The molecule has 3 N–H and O–H groups in total. The molecule has 98 valence electrons. The first-order valence-corrected chi connectivity index (χ1v) is 6.81. The number of benzene rings is 1. The van der Waals surface area contributed by atoms with Crippen molar-refractivity contribution >= 4 is 23.3 Å². The van der Waals surface area contributed by atoms with E-state index in [0.29, 0.717) is 10.9 Å². The quantitative estimate of drug-likeness (QED) is 0.372. The molecule has 2 rings (SSSR count). The number of hydrogen-bond donors (Lipinski definition) is 2. The third-order valence-corrected chi connectivity index (χ3v) is 4.07. The first-order valence-electron chi connectivity index (χ1n) is 5.76. The van der Waals surface area contributed by atoms with Crippen LogP contribution in [0.15, 0.2) is 23.4 Å². The first-order chi connectivity index (χ1) is 8.63. The molecule has 0 spiro atoms. The topological polar surface area (TPSA) is 61.8 Å². The molecule has 1 aromatic carbocycles. The average Bonchev–Trinajstić information content (AvgIpc) is 2.37. The van der Waals surface area contributed by atoms with E-state index >= 15 is 0 Å². The van der Waals surface area contributed by atoms with Crippen LogP contribution >= 0.6 is 11.8 Å². The van der Waals surface area contributed by atoms with Gasteiger partial charge in [-0.1, -0.05) is 18.1 Å². The number of anilines is 1. The molecule has 6 heteroatoms. The van der Waals surface area contributed by atoms with Crippen LogP contribution < -0.4 is 10.6 Å². The maximum Gasteiger partial charge on any atom is 0.175 e. The minimum atomic E-state index is -0.464. The Balaban J connectivity index is 2.40. The Hall–Kier alpha value is -1.43. The standard InChI is InChI=1S/C12H16FN3OS/c1-8-7-16(5-6-18-8)10-4-2-3-9(13)11(10)12(14)15-17/h2-4,8,17H,5-7H2,1H3,(H2,14,15). The fourth-order valence-electron chi connectivity index (χ4n) is 2.12. The van der Waals surface area contributed by atoms with E-state index in [0.717, 1.165) is 18.8 Å². The summed E-state index contributed by atoms with van der Waals surface area (Å²) in [5, 5.41) is 12.2. The second-order valence-electron chi connectivity index (χ2n) is 4.25. The van der Waals surface area contributed by atoms with Crippen LogP contribution in [0.5, 0.6) is 0 Å². The summed E-state index contributed by atoms with van der Waals surface area (Å²) in [7, 11) is 0. The van der Waals surface area contributed by atoms with Gasteiger partial charge in [-0.05, 0) is 12.1 Å². The van der Waals surface area contributed by atoms with Gasteiger partial charge in [0.05, 0.1) is 11.3 Å². The van der Waals surface area contributed by atoms with Gasteiger partial charge in [-0.15, -0.1) is 0 Å². The summed E-state index contributed by atoms with van der Waals surface area (Å²) in [5.74, 6) is 0.343. The van der Waals surface area contributed by atoms with E-state index in [1.807, 2.05) is 11.8 Å². The van der Waals surface area contributed by atoms with E-state index in [9.17, 15) is 4.39 Å². The molecule has 0 saturated carbocycles. The molecule has 1 fully saturated rings. The largest absolute Gasteiger partial charge is 0.409 e. The van der Waals surface area contributed by atoms with Crippen LogP contribution in [0.1, 0.15) is 12.5 Å². The summed E-state index contributed by atoms with van der Waals surface area (Å²) in [5.41, 5.74) is 6.44. The number of nitrogens with zero attached hydrogens (tertiary/aromatic N) is 2. The Bertz CT molecular complexity index is 467. The van der Waals surface area contributed by atoms with Crippen molar-refractivity contribution in [3.8, 4) is 0 Å². The summed E-state index contributed by atoms with van der Waals surface area (Å²) in [6, 6.07) is 4.77. The summed E-state index contributed by atoms with van der Waals surface area (Å²) < 4.78 is 13.8. The van der Waals surface area contributed by atoms with Crippen molar-refractivity contribution < 1.29 is 9.60 Å². The van der Waals surface area contributed by atoms with Crippen LogP contribution in [0.2, 0.25) is 0 Å². The molecule has 4 nitrogen and oxygen atoms in total. The van der Waals surface area contributed by atoms with Crippen molar-refractivity contribution in [3.63, 3.8) is 0 Å². The van der Waals surface area contributed by atoms with E-state index < -0.39 is 5.82 Å². The fourth-order valence-corrected chi connectivity index (χ4v) is 3.13. The third kappa shape index (κ3) is 2.53. The van der Waals surface area contributed by atoms with Crippen LogP contribution in [0, 0.1) is 5.82 Å². The highest BCUT2D eigenvalue weighted by atomic mass is 32.2. The van der Waals surface area contributed by atoms with Crippen molar-refractivity contribution in [2.24, 2.45) is 10.9 Å². The van der Waals surface area contributed by atoms with Gasteiger partial charge in [0.15, 0.2) is 5.84 Å². The summed E-state index contributed by atoms with van der Waals surface area (Å²) in [6.07, 6.45) is 0. The molecule has 0 amide bonds. The Morgan fingerprint density at radius 3 is 3.06 bits per heavy atom. The molecular weight excluding hydrogens is 253 g/mol. The smallest absolute Gasteiger partial charge is 0.175 e. The molecule has 0 bridgehead atoms. The van der Waals surface area contributed by atoms with Crippen molar-refractivity contribution in [3.05, 3.63) is 29.6 Å². The second-order valence-corrected chi connectivity index (χ2v) is 5.79. The van der Waals surface area contributed by atoms with Crippen molar-refractivity contribution in [1.29, 1.82) is 0 Å². The monoisotopic (exact) mass is 269 g/mol. The Morgan fingerprint density at radius 1 is 1.61 bits per heavy atom. The van der Waals surface area contributed by atoms with Gasteiger partial charge in [-0.3, -0.25) is 0 Å². The minimum Gasteiger partial charge on any atom is -0.409 e. The molecule has 0 aliphatic carbocycles. The van der Waals surface area contributed by atoms with E-state index in [-0.39, 0.29) is 11.4 Å². The summed E-state index contributed by atoms with van der Waals surface area (Å²) in [4.78, 5) is 2.08. The lowest BCUT2D eigenvalue weighted by Gasteiger charge is -2.33. The van der Waals surface area contributed by atoms with Gasteiger partial charge in [0, 0.05) is 24.1 Å². The third-order valence-electron chi connectivity index (χ3n) is 2.94. The minimum absolute atomic E-state index is 0.180. The lowest BCUT2D eigenvalue weighted by atomic mass is 10.1. The molecular formula is C12H16FN3OS. The summed E-state index contributed by atoms with van der Waals surface area (Å²) in [6.45, 7) is 3.81. The van der Waals surface area contributed by atoms with Gasteiger partial charge in [-0.25, -0.2) is 4.39 Å². The molecule has 0 radical (unpaired) electrons. The number of hydrogen-bond acceptors (Lipinski definition) is 4. The van der Waals surface area contributed by atoms with Gasteiger partial charge in [-0.2, -0.15) is 11.8 Å². The molecule has 1 saturated heterocycles. The number of oxime groups is 1. The fraction of sp³-hybridized carbons (Fsp3) is 0.417. The van der Waals surface area contributed by atoms with Crippen LogP contribution in [0.4, 0.5) is 10.1 Å². The van der Waals surface area contributed by atoms with Crippen molar-refractivity contribution in [1.82, 2.24) is 0 Å². The van der Waals surface area contributed by atoms with E-state index in [4.69, 9.17) is 10.9 Å². The Labute approximate surface area is 110 Å². The van der Waals surface area contributed by atoms with Gasteiger partial charge >= 0.3 is 0 Å². The molecule has 1 heterocycles. The molecule has 18 heavy (non-hydrogen) atoms. The second kappa shape index (κ2) is 5.48. The SMILES string of the molecule is CC1CN(c2cccc(F)c2/C(N)=N/O)CCS1. The van der Waals surface area contributed by atoms with Gasteiger partial charge in [0.1, 0.15) is 5.82 Å². The average molecular weight is 269 g/mol. The van der Waals surface area contributed by atoms with Crippen molar-refractivity contribution in [2.75, 3.05) is 23.7 Å². The maximum atomic E-state index is 13.8. The van der Waals surface area contributed by atoms with Gasteiger partial charge < -0.3 is 15.8 Å². The van der Waals surface area contributed by atoms with E-state index in [1.54, 1.807) is 12.1 Å².